The highest BCUT2D eigenvalue weighted by Gasteiger charge is 2.53. The summed E-state index contributed by atoms with van der Waals surface area (Å²) < 4.78 is 31.4. The first-order chi connectivity index (χ1) is 11.8. The Morgan fingerprint density at radius 1 is 1.24 bits per heavy atom. The zero-order valence-corrected chi connectivity index (χ0v) is 14.4. The number of ether oxygens (including phenoxy) is 1. The number of nitrogens with one attached hydrogen (secondary N) is 1. The summed E-state index contributed by atoms with van der Waals surface area (Å²) in [5, 5.41) is 13.5. The van der Waals surface area contributed by atoms with Gasteiger partial charge in [-0.3, -0.25) is 4.79 Å². The highest BCUT2D eigenvalue weighted by atomic mass is 32.2. The first-order valence-corrected chi connectivity index (χ1v) is 8.83. The minimum atomic E-state index is -3.98. The van der Waals surface area contributed by atoms with Gasteiger partial charge in [0, 0.05) is 25.9 Å². The Hall–Kier alpha value is -2.33. The summed E-state index contributed by atoms with van der Waals surface area (Å²) in [6.45, 7) is 0. The van der Waals surface area contributed by atoms with Gasteiger partial charge in [-0.05, 0) is 24.3 Å². The number of hydrogen-bond acceptors (Lipinski definition) is 7. The molecule has 2 aromatic rings. The Bertz CT molecular complexity index is 903. The molecule has 25 heavy (non-hydrogen) atoms. The number of aromatic nitrogens is 1. The van der Waals surface area contributed by atoms with Crippen molar-refractivity contribution in [1.82, 2.24) is 9.29 Å². The van der Waals surface area contributed by atoms with Crippen LogP contribution >= 0.6 is 0 Å². The van der Waals surface area contributed by atoms with Crippen molar-refractivity contribution in [1.29, 1.82) is 0 Å². The fraction of sp³-hybridized carbons (Fsp3) is 0.250. The highest BCUT2D eigenvalue weighted by molar-refractivity contribution is 7.89. The maximum absolute atomic E-state index is 12.9. The van der Waals surface area contributed by atoms with Crippen LogP contribution < -0.4 is 5.32 Å². The molecule has 3 rings (SSSR count). The summed E-state index contributed by atoms with van der Waals surface area (Å²) in [6.07, 6.45) is 1.48. The van der Waals surface area contributed by atoms with Gasteiger partial charge in [0.1, 0.15) is 5.82 Å². The predicted octanol–water partition coefficient (Wildman–Crippen LogP) is 0.672. The second-order valence-corrected chi connectivity index (χ2v) is 7.49. The Morgan fingerprint density at radius 2 is 1.92 bits per heavy atom. The number of benzene rings is 1. The van der Waals surface area contributed by atoms with E-state index >= 15 is 0 Å². The molecule has 0 amide bonds. The van der Waals surface area contributed by atoms with Crippen LogP contribution in [0.2, 0.25) is 0 Å². The Kier molecular flexibility index (Phi) is 4.33. The van der Waals surface area contributed by atoms with Crippen molar-refractivity contribution in [3.05, 3.63) is 54.2 Å². The van der Waals surface area contributed by atoms with Gasteiger partial charge in [-0.1, -0.05) is 18.2 Å². The minimum Gasteiger partial charge on any atom is -0.347 e. The average molecular weight is 363 g/mol. The molecule has 2 heterocycles. The number of sulfonamides is 1. The van der Waals surface area contributed by atoms with Gasteiger partial charge in [-0.15, -0.1) is 0 Å². The van der Waals surface area contributed by atoms with E-state index in [0.717, 1.165) is 4.31 Å². The molecule has 0 saturated heterocycles. The third-order valence-electron chi connectivity index (χ3n) is 4.08. The van der Waals surface area contributed by atoms with Crippen molar-refractivity contribution in [3.8, 4) is 0 Å². The van der Waals surface area contributed by atoms with E-state index in [1.165, 1.54) is 38.6 Å². The molecule has 0 aliphatic carbocycles. The maximum Gasteiger partial charge on any atom is 0.272 e. The summed E-state index contributed by atoms with van der Waals surface area (Å²) in [4.78, 5) is 16.8. The minimum absolute atomic E-state index is 0.00361. The van der Waals surface area contributed by atoms with E-state index in [2.05, 4.69) is 10.3 Å². The third-order valence-corrected chi connectivity index (χ3v) is 5.96. The zero-order valence-electron chi connectivity index (χ0n) is 13.6. The Balaban J connectivity index is 2.10. The third kappa shape index (κ3) is 2.81. The van der Waals surface area contributed by atoms with Crippen LogP contribution in [0.25, 0.3) is 0 Å². The number of ketones is 1. The zero-order chi connectivity index (χ0) is 18.2. The molecule has 0 radical (unpaired) electrons. The highest BCUT2D eigenvalue weighted by Crippen LogP contribution is 2.34. The second kappa shape index (κ2) is 6.19. The molecule has 0 fully saturated rings. The van der Waals surface area contributed by atoms with Gasteiger partial charge in [0.2, 0.25) is 10.0 Å². The van der Waals surface area contributed by atoms with E-state index in [4.69, 9.17) is 4.74 Å². The molecule has 8 nitrogen and oxygen atoms in total. The van der Waals surface area contributed by atoms with E-state index in [9.17, 15) is 18.3 Å². The van der Waals surface area contributed by atoms with Crippen molar-refractivity contribution < 1.29 is 23.1 Å². The van der Waals surface area contributed by atoms with E-state index in [-0.39, 0.29) is 16.3 Å². The fourth-order valence-corrected chi connectivity index (χ4v) is 4.30. The number of rotatable bonds is 4. The molecule has 2 atom stereocenters. The normalized spacial score (nSPS) is 22.0. The molecule has 1 aromatic heterocycles. The van der Waals surface area contributed by atoms with Gasteiger partial charge in [-0.2, -0.15) is 4.31 Å². The molecular weight excluding hydrogens is 346 g/mol. The number of methoxy groups -OCH3 is 1. The van der Waals surface area contributed by atoms with Crippen LogP contribution in [0.15, 0.2) is 53.6 Å². The average Bonchev–Trinajstić information content (AvgIpc) is 2.61. The van der Waals surface area contributed by atoms with Gasteiger partial charge in [0.15, 0.2) is 11.8 Å². The summed E-state index contributed by atoms with van der Waals surface area (Å²) in [7, 11) is -1.59. The number of carbonyl (C=O) groups excluding carboxylic acids is 1. The number of hydrogen-bond donors (Lipinski definition) is 2. The Labute approximate surface area is 145 Å². The molecule has 9 heteroatoms. The number of Topliss-reactive ketones (excluding diaryl/α,β-unsaturated/α-hetero) is 1. The predicted molar refractivity (Wildman–Crippen MR) is 89.3 cm³/mol. The lowest BCUT2D eigenvalue weighted by Gasteiger charge is -2.41. The van der Waals surface area contributed by atoms with Crippen LogP contribution in [0.1, 0.15) is 10.4 Å². The van der Waals surface area contributed by atoms with Gasteiger partial charge in [-0.25, -0.2) is 13.4 Å². The largest absolute Gasteiger partial charge is 0.347 e. The molecule has 2 N–H and O–H groups in total. The standard InChI is InChI=1S/C16H17N3O5S/c1-19-15(16(21,24-2)18-13-9-5-6-10-17-13)14(20)11-7-3-4-8-12(11)25(19,22)23/h3-10,15,21H,1-2H3,(H,17,18)/t15-,16-/m1/s1. The number of aliphatic hydroxyl groups is 1. The number of anilines is 1. The van der Waals surface area contributed by atoms with E-state index in [1.807, 2.05) is 0 Å². The van der Waals surface area contributed by atoms with Gasteiger partial charge >= 0.3 is 0 Å². The molecule has 0 spiro atoms. The smallest absolute Gasteiger partial charge is 0.272 e. The Morgan fingerprint density at radius 3 is 2.56 bits per heavy atom. The van der Waals surface area contributed by atoms with Crippen molar-refractivity contribution in [2.75, 3.05) is 19.5 Å². The molecule has 0 unspecified atom stereocenters. The summed E-state index contributed by atoms with van der Waals surface area (Å²) in [5.41, 5.74) is 0.00361. The molecule has 0 saturated carbocycles. The lowest BCUT2D eigenvalue weighted by atomic mass is 10.0. The number of likely N-dealkylation sites (N-methyl/N-ethyl adjacent to an activating group) is 1. The maximum atomic E-state index is 12.9. The number of pyridine rings is 1. The first kappa shape index (κ1) is 17.5. The topological polar surface area (TPSA) is 109 Å². The fourth-order valence-electron chi connectivity index (χ4n) is 2.78. The van der Waals surface area contributed by atoms with Crippen molar-refractivity contribution in [3.63, 3.8) is 0 Å². The van der Waals surface area contributed by atoms with Gasteiger partial charge in [0.05, 0.1) is 4.90 Å². The summed E-state index contributed by atoms with van der Waals surface area (Å²) in [6, 6.07) is 9.23. The SMILES string of the molecule is CO[C@@](O)(Nc1ccccn1)[C@H]1C(=O)c2ccccc2S(=O)(=O)N1C. The van der Waals surface area contributed by atoms with Crippen LogP contribution in [-0.2, 0) is 14.8 Å². The van der Waals surface area contributed by atoms with Crippen LogP contribution in [0.5, 0.6) is 0 Å². The van der Waals surface area contributed by atoms with Crippen LogP contribution in [-0.4, -0.2) is 54.7 Å². The van der Waals surface area contributed by atoms with Crippen LogP contribution in [0.3, 0.4) is 0 Å². The quantitative estimate of drug-likeness (QED) is 0.769. The van der Waals surface area contributed by atoms with Crippen molar-refractivity contribution in [2.45, 2.75) is 16.8 Å². The lowest BCUT2D eigenvalue weighted by Crippen LogP contribution is -2.64. The van der Waals surface area contributed by atoms with Crippen LogP contribution in [0.4, 0.5) is 5.82 Å². The van der Waals surface area contributed by atoms with Crippen molar-refractivity contribution in [2.24, 2.45) is 0 Å². The lowest BCUT2D eigenvalue weighted by molar-refractivity contribution is -0.183. The number of nitrogens with zero attached hydrogens (tertiary/aromatic N) is 2. The molecular formula is C16H17N3O5S. The molecule has 132 valence electrons. The van der Waals surface area contributed by atoms with Gasteiger partial charge in [0.25, 0.3) is 5.91 Å². The van der Waals surface area contributed by atoms with E-state index in [0.29, 0.717) is 0 Å². The summed E-state index contributed by atoms with van der Waals surface area (Å²) >= 11 is 0. The van der Waals surface area contributed by atoms with E-state index < -0.39 is 27.8 Å². The molecule has 1 aliphatic rings. The van der Waals surface area contributed by atoms with Crippen LogP contribution in [0, 0.1) is 0 Å². The summed E-state index contributed by atoms with van der Waals surface area (Å²) in [5.74, 6) is -2.66. The first-order valence-electron chi connectivity index (χ1n) is 7.39. The molecule has 0 bridgehead atoms. The number of fused-ring (bicyclic) bond motifs is 1. The molecule has 1 aliphatic heterocycles. The monoisotopic (exact) mass is 363 g/mol. The second-order valence-electron chi connectivity index (χ2n) is 5.52. The van der Waals surface area contributed by atoms with Crippen molar-refractivity contribution >= 4 is 21.6 Å². The van der Waals surface area contributed by atoms with E-state index in [1.54, 1.807) is 24.3 Å². The number of carbonyl (C=O) groups is 1. The van der Waals surface area contributed by atoms with Gasteiger partial charge < -0.3 is 15.2 Å². The molecule has 1 aromatic carbocycles.